The fourth-order valence-electron chi connectivity index (χ4n) is 4.14. The summed E-state index contributed by atoms with van der Waals surface area (Å²) in [6, 6.07) is 17.1. The predicted molar refractivity (Wildman–Crippen MR) is 144 cm³/mol. The van der Waals surface area contributed by atoms with Crippen molar-refractivity contribution in [2.24, 2.45) is 0 Å². The fourth-order valence-corrected chi connectivity index (χ4v) is 4.86. The van der Waals surface area contributed by atoms with Gasteiger partial charge in [0.05, 0.1) is 6.54 Å². The van der Waals surface area contributed by atoms with Crippen LogP contribution >= 0.6 is 11.3 Å². The number of aryl methyl sites for hydroxylation is 1. The number of hydrogen-bond acceptors (Lipinski definition) is 6. The molecule has 1 aliphatic rings. The molecule has 0 radical (unpaired) electrons. The summed E-state index contributed by atoms with van der Waals surface area (Å²) in [5, 5.41) is 5.00. The third-order valence-electron chi connectivity index (χ3n) is 6.12. The highest BCUT2D eigenvalue weighted by atomic mass is 32.1. The number of methoxy groups -OCH3 is 1. The summed E-state index contributed by atoms with van der Waals surface area (Å²) in [5.74, 6) is 1.24. The van der Waals surface area contributed by atoms with Crippen molar-refractivity contribution in [3.05, 3.63) is 76.0 Å². The Hall–Kier alpha value is -3.56. The SMILES string of the molecule is CCc1ccccc1NC(=O)N(CCCOC)CC(=O)N(Cc1ccc2c(c1)OCO2)Cc1cccs1. The number of amides is 3. The highest BCUT2D eigenvalue weighted by Gasteiger charge is 2.23. The summed E-state index contributed by atoms with van der Waals surface area (Å²) >= 11 is 1.60. The van der Waals surface area contributed by atoms with Crippen LogP contribution in [0.5, 0.6) is 11.5 Å². The maximum absolute atomic E-state index is 13.7. The number of carbonyl (C=O) groups excluding carboxylic acids is 2. The number of para-hydroxylation sites is 1. The van der Waals surface area contributed by atoms with Crippen molar-refractivity contribution < 1.29 is 23.8 Å². The third-order valence-corrected chi connectivity index (χ3v) is 6.98. The van der Waals surface area contributed by atoms with Gasteiger partial charge >= 0.3 is 6.03 Å². The van der Waals surface area contributed by atoms with Gasteiger partial charge < -0.3 is 29.3 Å². The van der Waals surface area contributed by atoms with Gasteiger partial charge in [0.15, 0.2) is 11.5 Å². The number of ether oxygens (including phenoxy) is 3. The summed E-state index contributed by atoms with van der Waals surface area (Å²) in [6.45, 7) is 3.94. The molecule has 0 saturated heterocycles. The van der Waals surface area contributed by atoms with E-state index in [0.717, 1.165) is 28.1 Å². The maximum Gasteiger partial charge on any atom is 0.322 e. The van der Waals surface area contributed by atoms with Crippen LogP contribution in [0.3, 0.4) is 0 Å². The maximum atomic E-state index is 13.7. The Morgan fingerprint density at radius 1 is 1.03 bits per heavy atom. The first-order valence-electron chi connectivity index (χ1n) is 12.4. The smallest absolute Gasteiger partial charge is 0.322 e. The van der Waals surface area contributed by atoms with Gasteiger partial charge in [0.25, 0.3) is 0 Å². The lowest BCUT2D eigenvalue weighted by Crippen LogP contribution is -2.44. The number of fused-ring (bicyclic) bond motifs is 1. The minimum absolute atomic E-state index is 0.0419. The van der Waals surface area contributed by atoms with Gasteiger partial charge in [-0.25, -0.2) is 4.79 Å². The molecule has 196 valence electrons. The molecule has 9 heteroatoms. The molecular weight excluding hydrogens is 490 g/mol. The van der Waals surface area contributed by atoms with Gasteiger partial charge in [-0.05, 0) is 53.6 Å². The quantitative estimate of drug-likeness (QED) is 0.333. The van der Waals surface area contributed by atoms with Crippen molar-refractivity contribution in [2.75, 3.05) is 38.9 Å². The second-order valence-electron chi connectivity index (χ2n) is 8.73. The lowest BCUT2D eigenvalue weighted by Gasteiger charge is -2.28. The minimum Gasteiger partial charge on any atom is -0.454 e. The third kappa shape index (κ3) is 7.24. The van der Waals surface area contributed by atoms with E-state index >= 15 is 0 Å². The molecule has 0 unspecified atom stereocenters. The average Bonchev–Trinajstić information content (AvgIpc) is 3.60. The van der Waals surface area contributed by atoms with Crippen molar-refractivity contribution in [3.63, 3.8) is 0 Å². The molecule has 0 fully saturated rings. The highest BCUT2D eigenvalue weighted by Crippen LogP contribution is 2.33. The summed E-state index contributed by atoms with van der Waals surface area (Å²) in [6.07, 6.45) is 1.42. The number of urea groups is 1. The number of nitrogens with one attached hydrogen (secondary N) is 1. The molecule has 0 saturated carbocycles. The van der Waals surface area contributed by atoms with Crippen molar-refractivity contribution in [3.8, 4) is 11.5 Å². The number of carbonyl (C=O) groups is 2. The van der Waals surface area contributed by atoms with E-state index in [0.29, 0.717) is 44.2 Å². The van der Waals surface area contributed by atoms with E-state index < -0.39 is 0 Å². The van der Waals surface area contributed by atoms with Crippen molar-refractivity contribution >= 4 is 29.0 Å². The van der Waals surface area contributed by atoms with Crippen LogP contribution in [0.25, 0.3) is 0 Å². The molecule has 4 rings (SSSR count). The molecule has 0 aliphatic carbocycles. The van der Waals surface area contributed by atoms with Crippen LogP contribution in [0.1, 0.15) is 29.3 Å². The lowest BCUT2D eigenvalue weighted by atomic mass is 10.1. The van der Waals surface area contributed by atoms with E-state index in [4.69, 9.17) is 14.2 Å². The van der Waals surface area contributed by atoms with E-state index in [2.05, 4.69) is 5.32 Å². The molecule has 3 amide bonds. The second-order valence-corrected chi connectivity index (χ2v) is 9.76. The Morgan fingerprint density at radius 2 is 1.86 bits per heavy atom. The normalized spacial score (nSPS) is 11.8. The summed E-state index contributed by atoms with van der Waals surface area (Å²) in [4.78, 5) is 31.4. The van der Waals surface area contributed by atoms with E-state index in [9.17, 15) is 9.59 Å². The Balaban J connectivity index is 1.50. The van der Waals surface area contributed by atoms with Crippen molar-refractivity contribution in [1.82, 2.24) is 9.80 Å². The Kier molecular flexibility index (Phi) is 9.40. The Bertz CT molecular complexity index is 1180. The molecule has 2 aromatic carbocycles. The van der Waals surface area contributed by atoms with Crippen LogP contribution in [-0.4, -0.2) is 55.3 Å². The second kappa shape index (κ2) is 13.1. The van der Waals surface area contributed by atoms with Crippen LogP contribution < -0.4 is 14.8 Å². The molecule has 0 atom stereocenters. The molecule has 1 aromatic heterocycles. The van der Waals surface area contributed by atoms with Gasteiger partial charge in [-0.2, -0.15) is 0 Å². The van der Waals surface area contributed by atoms with Crippen LogP contribution in [0.2, 0.25) is 0 Å². The molecule has 0 bridgehead atoms. The Morgan fingerprint density at radius 3 is 2.65 bits per heavy atom. The highest BCUT2D eigenvalue weighted by molar-refractivity contribution is 7.09. The van der Waals surface area contributed by atoms with Crippen LogP contribution in [0.15, 0.2) is 60.0 Å². The largest absolute Gasteiger partial charge is 0.454 e. The van der Waals surface area contributed by atoms with E-state index in [-0.39, 0.29) is 25.3 Å². The first-order chi connectivity index (χ1) is 18.1. The van der Waals surface area contributed by atoms with Crippen LogP contribution in [-0.2, 0) is 29.0 Å². The number of anilines is 1. The van der Waals surface area contributed by atoms with Crippen molar-refractivity contribution in [1.29, 1.82) is 0 Å². The predicted octanol–water partition coefficient (Wildman–Crippen LogP) is 5.14. The average molecular weight is 524 g/mol. The minimum atomic E-state index is -0.301. The van der Waals surface area contributed by atoms with Crippen molar-refractivity contribution in [2.45, 2.75) is 32.9 Å². The number of benzene rings is 2. The fraction of sp³-hybridized carbons (Fsp3) is 0.357. The number of hydrogen-bond donors (Lipinski definition) is 1. The zero-order chi connectivity index (χ0) is 26.0. The standard InChI is InChI=1S/C28H33N3O5S/c1-3-22-8-4-5-10-24(22)29-28(33)30(13-7-14-34-2)19-27(32)31(18-23-9-6-15-37-23)17-21-11-12-25-26(16-21)36-20-35-25/h4-6,8-12,15-16H,3,7,13-14,17-20H2,1-2H3,(H,29,33). The molecule has 1 N–H and O–H groups in total. The van der Waals surface area contributed by atoms with Gasteiger partial charge in [-0.3, -0.25) is 4.79 Å². The molecule has 37 heavy (non-hydrogen) atoms. The first-order valence-corrected chi connectivity index (χ1v) is 13.3. The van der Waals surface area contributed by atoms with E-state index in [1.54, 1.807) is 28.2 Å². The number of nitrogens with zero attached hydrogens (tertiary/aromatic N) is 2. The molecular formula is C28H33N3O5S. The summed E-state index contributed by atoms with van der Waals surface area (Å²) < 4.78 is 16.1. The van der Waals surface area contributed by atoms with Gasteiger partial charge in [0.2, 0.25) is 12.7 Å². The van der Waals surface area contributed by atoms with E-state index in [1.165, 1.54) is 0 Å². The molecule has 2 heterocycles. The summed E-state index contributed by atoms with van der Waals surface area (Å²) in [5.41, 5.74) is 2.73. The van der Waals surface area contributed by atoms with Gasteiger partial charge in [0, 0.05) is 37.4 Å². The molecule has 3 aromatic rings. The van der Waals surface area contributed by atoms with Gasteiger partial charge in [-0.1, -0.05) is 37.3 Å². The van der Waals surface area contributed by atoms with Crippen LogP contribution in [0, 0.1) is 0 Å². The summed E-state index contributed by atoms with van der Waals surface area (Å²) in [7, 11) is 1.63. The topological polar surface area (TPSA) is 80.3 Å². The van der Waals surface area contributed by atoms with Gasteiger partial charge in [0.1, 0.15) is 6.54 Å². The van der Waals surface area contributed by atoms with Crippen LogP contribution in [0.4, 0.5) is 10.5 Å². The lowest BCUT2D eigenvalue weighted by molar-refractivity contribution is -0.133. The monoisotopic (exact) mass is 523 g/mol. The van der Waals surface area contributed by atoms with E-state index in [1.807, 2.05) is 66.9 Å². The number of thiophene rings is 1. The number of rotatable bonds is 12. The first kappa shape index (κ1) is 26.5. The molecule has 8 nitrogen and oxygen atoms in total. The zero-order valence-electron chi connectivity index (χ0n) is 21.3. The van der Waals surface area contributed by atoms with Gasteiger partial charge in [-0.15, -0.1) is 11.3 Å². The molecule has 0 spiro atoms. The Labute approximate surface area is 221 Å². The molecule has 1 aliphatic heterocycles. The zero-order valence-corrected chi connectivity index (χ0v) is 22.1.